The van der Waals surface area contributed by atoms with E-state index in [9.17, 15) is 19.5 Å². The van der Waals surface area contributed by atoms with Crippen LogP contribution in [-0.4, -0.2) is 40.9 Å². The molecule has 1 saturated heterocycles. The summed E-state index contributed by atoms with van der Waals surface area (Å²) in [5.41, 5.74) is 1.99. The van der Waals surface area contributed by atoms with Gasteiger partial charge in [0.2, 0.25) is 5.91 Å². The molecule has 6 rings (SSSR count). The van der Waals surface area contributed by atoms with Gasteiger partial charge < -0.3 is 14.7 Å². The fourth-order valence-electron chi connectivity index (χ4n) is 5.71. The van der Waals surface area contributed by atoms with Crippen molar-refractivity contribution >= 4 is 17.8 Å². The average Bonchev–Trinajstić information content (AvgIpc) is 3.72. The van der Waals surface area contributed by atoms with Crippen LogP contribution in [0.5, 0.6) is 0 Å². The molecule has 6 heteroatoms. The number of carbonyl (C=O) groups is 3. The summed E-state index contributed by atoms with van der Waals surface area (Å²) in [5.74, 6) is -1.22. The standard InChI is InChI=1S/C26H25NO5/c28-22(29)21(16-5-6-16)17-7-9-18(10-8-17)25(11-12-25)24(31)27-14-13-26(15-27)20-4-2-1-3-19(20)23(30)32-26/h1-4,7-10,16,21H,5-6,11-15H2,(H,28,29). The van der Waals surface area contributed by atoms with Gasteiger partial charge in [0.05, 0.1) is 23.4 Å². The number of nitrogens with zero attached hydrogens (tertiary/aromatic N) is 1. The molecule has 164 valence electrons. The summed E-state index contributed by atoms with van der Waals surface area (Å²) in [7, 11) is 0. The lowest BCUT2D eigenvalue weighted by atomic mass is 9.89. The Kier molecular flexibility index (Phi) is 4.07. The van der Waals surface area contributed by atoms with Gasteiger partial charge in [-0.2, -0.15) is 0 Å². The first kappa shape index (κ1) is 19.5. The molecule has 2 aromatic rings. The van der Waals surface area contributed by atoms with Gasteiger partial charge in [-0.05, 0) is 48.8 Å². The van der Waals surface area contributed by atoms with Crippen LogP contribution in [0.2, 0.25) is 0 Å². The van der Waals surface area contributed by atoms with Gasteiger partial charge in [-0.3, -0.25) is 9.59 Å². The van der Waals surface area contributed by atoms with Gasteiger partial charge in [-0.25, -0.2) is 4.79 Å². The minimum absolute atomic E-state index is 0.0829. The van der Waals surface area contributed by atoms with Crippen molar-refractivity contribution in [1.82, 2.24) is 4.90 Å². The number of carboxylic acid groups (broad SMARTS) is 1. The number of carboxylic acids is 1. The van der Waals surface area contributed by atoms with E-state index < -0.39 is 22.9 Å². The maximum atomic E-state index is 13.6. The Morgan fingerprint density at radius 1 is 1.03 bits per heavy atom. The highest BCUT2D eigenvalue weighted by Gasteiger charge is 2.57. The normalized spacial score (nSPS) is 26.0. The van der Waals surface area contributed by atoms with Crippen LogP contribution in [0.15, 0.2) is 48.5 Å². The zero-order chi connectivity index (χ0) is 22.1. The smallest absolute Gasteiger partial charge is 0.339 e. The van der Waals surface area contributed by atoms with E-state index in [2.05, 4.69) is 0 Å². The van der Waals surface area contributed by atoms with E-state index in [0.29, 0.717) is 25.1 Å². The molecule has 1 amide bonds. The molecule has 2 atom stereocenters. The largest absolute Gasteiger partial charge is 0.481 e. The van der Waals surface area contributed by atoms with E-state index in [1.54, 1.807) is 6.07 Å². The molecule has 1 spiro atoms. The zero-order valence-electron chi connectivity index (χ0n) is 17.8. The van der Waals surface area contributed by atoms with Crippen molar-refractivity contribution in [1.29, 1.82) is 0 Å². The van der Waals surface area contributed by atoms with Gasteiger partial charge >= 0.3 is 11.9 Å². The van der Waals surface area contributed by atoms with Gasteiger partial charge in [-0.1, -0.05) is 42.5 Å². The van der Waals surface area contributed by atoms with Crippen LogP contribution in [0.3, 0.4) is 0 Å². The SMILES string of the molecule is O=C1OC2(CCN(C(=O)C3(c4ccc(C(C(=O)O)C5CC5)cc4)CC3)C2)c2ccccc21. The van der Waals surface area contributed by atoms with Gasteiger partial charge in [0.1, 0.15) is 0 Å². The van der Waals surface area contributed by atoms with Crippen molar-refractivity contribution in [2.45, 2.75) is 49.0 Å². The number of ether oxygens (including phenoxy) is 1. The second-order valence-corrected chi connectivity index (χ2v) is 9.76. The summed E-state index contributed by atoms with van der Waals surface area (Å²) in [6.45, 7) is 0.945. The first-order valence-corrected chi connectivity index (χ1v) is 11.4. The highest BCUT2D eigenvalue weighted by atomic mass is 16.6. The van der Waals surface area contributed by atoms with Gasteiger partial charge in [0.25, 0.3) is 0 Å². The summed E-state index contributed by atoms with van der Waals surface area (Å²) in [6.07, 6.45) is 4.11. The van der Waals surface area contributed by atoms with Crippen LogP contribution in [0.4, 0.5) is 0 Å². The average molecular weight is 431 g/mol. The van der Waals surface area contributed by atoms with Crippen molar-refractivity contribution < 1.29 is 24.2 Å². The fraction of sp³-hybridized carbons (Fsp3) is 0.423. The predicted molar refractivity (Wildman–Crippen MR) is 115 cm³/mol. The molecule has 2 aromatic carbocycles. The lowest BCUT2D eigenvalue weighted by molar-refractivity contribution is -0.139. The van der Waals surface area contributed by atoms with Crippen LogP contribution >= 0.6 is 0 Å². The number of esters is 1. The fourth-order valence-corrected chi connectivity index (χ4v) is 5.71. The zero-order valence-corrected chi connectivity index (χ0v) is 17.8. The van der Waals surface area contributed by atoms with Gasteiger partial charge in [0.15, 0.2) is 5.60 Å². The molecule has 2 aliphatic carbocycles. The van der Waals surface area contributed by atoms with Crippen molar-refractivity contribution in [3.63, 3.8) is 0 Å². The molecule has 0 aromatic heterocycles. The van der Waals surface area contributed by atoms with Crippen LogP contribution in [0.25, 0.3) is 0 Å². The first-order valence-electron chi connectivity index (χ1n) is 11.4. The molecule has 32 heavy (non-hydrogen) atoms. The summed E-state index contributed by atoms with van der Waals surface area (Å²) in [4.78, 5) is 39.5. The molecule has 2 saturated carbocycles. The number of likely N-dealkylation sites (tertiary alicyclic amines) is 1. The predicted octanol–water partition coefficient (Wildman–Crippen LogP) is 3.59. The molecule has 4 aliphatic rings. The van der Waals surface area contributed by atoms with Crippen LogP contribution in [-0.2, 0) is 25.3 Å². The van der Waals surface area contributed by atoms with Crippen molar-refractivity contribution in [3.05, 3.63) is 70.8 Å². The quantitative estimate of drug-likeness (QED) is 0.732. The first-order chi connectivity index (χ1) is 15.4. The van der Waals surface area contributed by atoms with Gasteiger partial charge in [-0.15, -0.1) is 0 Å². The monoisotopic (exact) mass is 431 g/mol. The number of benzene rings is 2. The number of rotatable bonds is 5. The Balaban J connectivity index is 1.23. The molecule has 0 radical (unpaired) electrons. The number of fused-ring (bicyclic) bond motifs is 2. The minimum Gasteiger partial charge on any atom is -0.481 e. The second-order valence-electron chi connectivity index (χ2n) is 9.76. The lowest BCUT2D eigenvalue weighted by Crippen LogP contribution is -2.40. The third-order valence-electron chi connectivity index (χ3n) is 7.79. The van der Waals surface area contributed by atoms with Crippen LogP contribution in [0, 0.1) is 5.92 Å². The van der Waals surface area contributed by atoms with E-state index in [-0.39, 0.29) is 17.8 Å². The highest BCUT2D eigenvalue weighted by Crippen LogP contribution is 2.52. The summed E-state index contributed by atoms with van der Waals surface area (Å²) in [5, 5.41) is 9.60. The number of hydrogen-bond donors (Lipinski definition) is 1. The Labute approximate surface area is 186 Å². The summed E-state index contributed by atoms with van der Waals surface area (Å²) < 4.78 is 5.80. The molecule has 1 N–H and O–H groups in total. The van der Waals surface area contributed by atoms with E-state index >= 15 is 0 Å². The van der Waals surface area contributed by atoms with Crippen molar-refractivity contribution in [2.75, 3.05) is 13.1 Å². The minimum atomic E-state index is -0.772. The number of aliphatic carboxylic acids is 1. The van der Waals surface area contributed by atoms with E-state index in [1.807, 2.05) is 47.4 Å². The second kappa shape index (κ2) is 6.67. The maximum absolute atomic E-state index is 13.6. The van der Waals surface area contributed by atoms with E-state index in [0.717, 1.165) is 42.4 Å². The molecular formula is C26H25NO5. The van der Waals surface area contributed by atoms with E-state index in [1.165, 1.54) is 0 Å². The Bertz CT molecular complexity index is 1130. The Hall–Kier alpha value is -3.15. The summed E-state index contributed by atoms with van der Waals surface area (Å²) >= 11 is 0. The van der Waals surface area contributed by atoms with Gasteiger partial charge in [0, 0.05) is 18.5 Å². The Morgan fingerprint density at radius 3 is 2.41 bits per heavy atom. The molecule has 3 fully saturated rings. The molecule has 0 bridgehead atoms. The van der Waals surface area contributed by atoms with Crippen LogP contribution in [0.1, 0.15) is 65.1 Å². The van der Waals surface area contributed by atoms with E-state index in [4.69, 9.17) is 4.74 Å². The molecule has 2 unspecified atom stereocenters. The molecule has 6 nitrogen and oxygen atoms in total. The molecule has 2 heterocycles. The van der Waals surface area contributed by atoms with Crippen molar-refractivity contribution in [2.24, 2.45) is 5.92 Å². The number of amides is 1. The Morgan fingerprint density at radius 2 is 1.75 bits per heavy atom. The van der Waals surface area contributed by atoms with Crippen LogP contribution < -0.4 is 0 Å². The highest BCUT2D eigenvalue weighted by molar-refractivity contribution is 5.96. The molecular weight excluding hydrogens is 406 g/mol. The third kappa shape index (κ3) is 2.81. The third-order valence-corrected chi connectivity index (χ3v) is 7.79. The number of hydrogen-bond acceptors (Lipinski definition) is 4. The van der Waals surface area contributed by atoms with Crippen molar-refractivity contribution in [3.8, 4) is 0 Å². The number of carbonyl (C=O) groups excluding carboxylic acids is 2. The summed E-state index contributed by atoms with van der Waals surface area (Å²) in [6, 6.07) is 15.1. The topological polar surface area (TPSA) is 83.9 Å². The molecule has 2 aliphatic heterocycles. The maximum Gasteiger partial charge on any atom is 0.339 e. The lowest BCUT2D eigenvalue weighted by Gasteiger charge is -2.27.